The first-order chi connectivity index (χ1) is 13.7. The Balaban J connectivity index is 1.66. The number of anilines is 2. The van der Waals surface area contributed by atoms with Gasteiger partial charge < -0.3 is 19.3 Å². The van der Waals surface area contributed by atoms with Crippen LogP contribution in [0.1, 0.15) is 18.4 Å². The van der Waals surface area contributed by atoms with Gasteiger partial charge in [-0.25, -0.2) is 9.97 Å². The van der Waals surface area contributed by atoms with E-state index in [1.54, 1.807) is 6.20 Å². The highest BCUT2D eigenvalue weighted by Crippen LogP contribution is 2.38. The molecular formula is C20H17N5O3. The minimum Gasteiger partial charge on any atom is -0.454 e. The SMILES string of the molecule is CCc1noc(-c2cnc3nc(C)ccc3c2Nc2ccc3c(c2)OCO3)n1. The summed E-state index contributed by atoms with van der Waals surface area (Å²) in [6.45, 7) is 4.14. The molecule has 1 aliphatic rings. The lowest BCUT2D eigenvalue weighted by Gasteiger charge is -2.13. The van der Waals surface area contributed by atoms with Crippen molar-refractivity contribution in [2.24, 2.45) is 0 Å². The molecule has 0 spiro atoms. The number of fused-ring (bicyclic) bond motifs is 2. The standard InChI is InChI=1S/C20H17N5O3/c1-3-17-24-20(28-25-17)14-9-21-19-13(6-4-11(2)22-19)18(14)23-12-5-7-15-16(8-12)27-10-26-15/h4-9H,3,10H2,1-2H3,(H,21,22,23). The number of hydrogen-bond donors (Lipinski definition) is 1. The second-order valence-corrected chi connectivity index (χ2v) is 6.43. The van der Waals surface area contributed by atoms with Crippen LogP contribution in [0.4, 0.5) is 11.4 Å². The first-order valence-corrected chi connectivity index (χ1v) is 8.97. The van der Waals surface area contributed by atoms with Gasteiger partial charge in [0.2, 0.25) is 6.79 Å². The van der Waals surface area contributed by atoms with E-state index in [0.717, 1.165) is 28.2 Å². The van der Waals surface area contributed by atoms with Crippen LogP contribution in [0.3, 0.4) is 0 Å². The fourth-order valence-corrected chi connectivity index (χ4v) is 3.09. The molecule has 0 radical (unpaired) electrons. The number of rotatable bonds is 4. The number of ether oxygens (including phenoxy) is 2. The smallest absolute Gasteiger partial charge is 0.261 e. The first kappa shape index (κ1) is 16.5. The fourth-order valence-electron chi connectivity index (χ4n) is 3.09. The Kier molecular flexibility index (Phi) is 3.82. The second-order valence-electron chi connectivity index (χ2n) is 6.43. The lowest BCUT2D eigenvalue weighted by atomic mass is 10.1. The minimum absolute atomic E-state index is 0.229. The van der Waals surface area contributed by atoms with Crippen LogP contribution in [-0.4, -0.2) is 26.9 Å². The van der Waals surface area contributed by atoms with Crippen molar-refractivity contribution in [1.82, 2.24) is 20.1 Å². The van der Waals surface area contributed by atoms with Crippen LogP contribution < -0.4 is 14.8 Å². The van der Waals surface area contributed by atoms with Gasteiger partial charge in [0.15, 0.2) is 23.0 Å². The van der Waals surface area contributed by atoms with Gasteiger partial charge in [-0.15, -0.1) is 0 Å². The molecule has 1 aliphatic heterocycles. The Labute approximate surface area is 160 Å². The van der Waals surface area contributed by atoms with Crippen LogP contribution in [0.15, 0.2) is 41.1 Å². The summed E-state index contributed by atoms with van der Waals surface area (Å²) < 4.78 is 16.3. The van der Waals surface area contributed by atoms with Crippen molar-refractivity contribution in [3.8, 4) is 23.0 Å². The normalized spacial score (nSPS) is 12.5. The molecule has 140 valence electrons. The molecule has 5 rings (SSSR count). The molecule has 0 atom stereocenters. The maximum Gasteiger partial charge on any atom is 0.261 e. The van der Waals surface area contributed by atoms with Crippen LogP contribution in [-0.2, 0) is 6.42 Å². The molecule has 0 saturated heterocycles. The Morgan fingerprint density at radius 2 is 1.96 bits per heavy atom. The van der Waals surface area contributed by atoms with Crippen molar-refractivity contribution < 1.29 is 14.0 Å². The lowest BCUT2D eigenvalue weighted by molar-refractivity contribution is 0.174. The molecule has 4 aromatic rings. The molecular weight excluding hydrogens is 358 g/mol. The van der Waals surface area contributed by atoms with Gasteiger partial charge in [-0.2, -0.15) is 4.98 Å². The topological polar surface area (TPSA) is 95.2 Å². The quantitative estimate of drug-likeness (QED) is 0.571. The second kappa shape index (κ2) is 6.49. The zero-order chi connectivity index (χ0) is 19.1. The van der Waals surface area contributed by atoms with Gasteiger partial charge in [0.25, 0.3) is 5.89 Å². The summed E-state index contributed by atoms with van der Waals surface area (Å²) in [5, 5.41) is 8.31. The van der Waals surface area contributed by atoms with Crippen LogP contribution >= 0.6 is 0 Å². The lowest BCUT2D eigenvalue weighted by Crippen LogP contribution is -1.98. The van der Waals surface area contributed by atoms with Gasteiger partial charge in [-0.05, 0) is 31.2 Å². The predicted molar refractivity (Wildman–Crippen MR) is 103 cm³/mol. The van der Waals surface area contributed by atoms with Gasteiger partial charge in [0.1, 0.15) is 0 Å². The molecule has 3 aromatic heterocycles. The van der Waals surface area contributed by atoms with Crippen molar-refractivity contribution in [2.75, 3.05) is 12.1 Å². The highest BCUT2D eigenvalue weighted by molar-refractivity contribution is 5.98. The van der Waals surface area contributed by atoms with Crippen LogP contribution in [0, 0.1) is 6.92 Å². The summed E-state index contributed by atoms with van der Waals surface area (Å²) in [7, 11) is 0. The number of aromatic nitrogens is 4. The number of nitrogens with one attached hydrogen (secondary N) is 1. The Hall–Kier alpha value is -3.68. The molecule has 1 N–H and O–H groups in total. The largest absolute Gasteiger partial charge is 0.454 e. The van der Waals surface area contributed by atoms with Crippen molar-refractivity contribution in [2.45, 2.75) is 20.3 Å². The van der Waals surface area contributed by atoms with E-state index in [1.807, 2.05) is 44.2 Å². The highest BCUT2D eigenvalue weighted by Gasteiger charge is 2.19. The molecule has 1 aromatic carbocycles. The molecule has 0 saturated carbocycles. The summed E-state index contributed by atoms with van der Waals surface area (Å²) in [4.78, 5) is 13.5. The third-order valence-electron chi connectivity index (χ3n) is 4.53. The van der Waals surface area contributed by atoms with Gasteiger partial charge in [0, 0.05) is 35.5 Å². The van der Waals surface area contributed by atoms with Gasteiger partial charge in [0.05, 0.1) is 11.3 Å². The first-order valence-electron chi connectivity index (χ1n) is 8.97. The average molecular weight is 375 g/mol. The molecule has 0 aliphatic carbocycles. The van der Waals surface area contributed by atoms with E-state index in [1.165, 1.54) is 0 Å². The molecule has 0 unspecified atom stereocenters. The molecule has 0 amide bonds. The number of pyridine rings is 2. The maximum atomic E-state index is 5.49. The number of benzene rings is 1. The van der Waals surface area contributed by atoms with E-state index in [9.17, 15) is 0 Å². The number of aryl methyl sites for hydroxylation is 2. The molecule has 0 fully saturated rings. The van der Waals surface area contributed by atoms with Crippen molar-refractivity contribution in [1.29, 1.82) is 0 Å². The van der Waals surface area contributed by atoms with Crippen molar-refractivity contribution >= 4 is 22.4 Å². The zero-order valence-corrected chi connectivity index (χ0v) is 15.4. The monoisotopic (exact) mass is 375 g/mol. The van der Waals surface area contributed by atoms with E-state index in [4.69, 9.17) is 14.0 Å². The Morgan fingerprint density at radius 3 is 2.82 bits per heavy atom. The molecule has 28 heavy (non-hydrogen) atoms. The van der Waals surface area contributed by atoms with Gasteiger partial charge in [-0.1, -0.05) is 12.1 Å². The van der Waals surface area contributed by atoms with E-state index in [-0.39, 0.29) is 6.79 Å². The van der Waals surface area contributed by atoms with Crippen LogP contribution in [0.5, 0.6) is 11.5 Å². The number of nitrogens with zero attached hydrogens (tertiary/aromatic N) is 4. The molecule has 8 heteroatoms. The minimum atomic E-state index is 0.229. The predicted octanol–water partition coefficient (Wildman–Crippen LogP) is 4.02. The van der Waals surface area contributed by atoms with E-state index >= 15 is 0 Å². The zero-order valence-electron chi connectivity index (χ0n) is 15.4. The molecule has 0 bridgehead atoms. The highest BCUT2D eigenvalue weighted by atomic mass is 16.7. The molecule has 4 heterocycles. The van der Waals surface area contributed by atoms with E-state index in [0.29, 0.717) is 35.1 Å². The average Bonchev–Trinajstić information content (AvgIpc) is 3.37. The van der Waals surface area contributed by atoms with E-state index in [2.05, 4.69) is 25.4 Å². The van der Waals surface area contributed by atoms with Gasteiger partial charge in [-0.3, -0.25) is 0 Å². The summed E-state index contributed by atoms with van der Waals surface area (Å²) in [6.07, 6.45) is 2.40. The van der Waals surface area contributed by atoms with Crippen LogP contribution in [0.25, 0.3) is 22.5 Å². The fraction of sp³-hybridized carbons (Fsp3) is 0.200. The Morgan fingerprint density at radius 1 is 1.07 bits per heavy atom. The van der Waals surface area contributed by atoms with Gasteiger partial charge >= 0.3 is 0 Å². The third kappa shape index (κ3) is 2.79. The third-order valence-corrected chi connectivity index (χ3v) is 4.53. The van der Waals surface area contributed by atoms with E-state index < -0.39 is 0 Å². The summed E-state index contributed by atoms with van der Waals surface area (Å²) in [6, 6.07) is 9.63. The number of hydrogen-bond acceptors (Lipinski definition) is 8. The molecule has 8 nitrogen and oxygen atoms in total. The van der Waals surface area contributed by atoms with Crippen molar-refractivity contribution in [3.63, 3.8) is 0 Å². The Bertz CT molecular complexity index is 1190. The summed E-state index contributed by atoms with van der Waals surface area (Å²) in [5.74, 6) is 2.48. The maximum absolute atomic E-state index is 5.49. The van der Waals surface area contributed by atoms with Crippen LogP contribution in [0.2, 0.25) is 0 Å². The summed E-state index contributed by atoms with van der Waals surface area (Å²) >= 11 is 0. The summed E-state index contributed by atoms with van der Waals surface area (Å²) in [5.41, 5.74) is 3.88. The van der Waals surface area contributed by atoms with Crippen molar-refractivity contribution in [3.05, 3.63) is 48.0 Å².